The first-order chi connectivity index (χ1) is 39.5. The molecule has 0 saturated carbocycles. The standard InChI is InChI=1S/C75H144O5/c1-5-9-13-17-21-25-29-33-37-41-45-49-53-57-61-65-69-75(70-66-62-58-54-50-46-42-38-34-30-26-22-18-14-10-6-2,80-74(78)68-64-60-56-52-48-44-40-36-32-28-24-20-16-12-8-4)72(71-76)79-73(77)67-63-59-55-51-47-43-39-35-31-27-23-19-15-11-7-3/h63-64,67-68,72,76H,5-62,65-66,69-71H2,1-4H3/t72-/m0/s1. The molecule has 1 N–H and O–H groups in total. The maximum Gasteiger partial charge on any atom is 0.331 e. The summed E-state index contributed by atoms with van der Waals surface area (Å²) in [6.07, 6.45) is 85.1. The van der Waals surface area contributed by atoms with Gasteiger partial charge in [0.2, 0.25) is 0 Å². The number of rotatable bonds is 68. The fourth-order valence-electron chi connectivity index (χ4n) is 12.2. The number of hydrogen-bond acceptors (Lipinski definition) is 5. The molecular weight excluding hydrogens is 981 g/mol. The third kappa shape index (κ3) is 56.8. The second-order valence-corrected chi connectivity index (χ2v) is 25.6. The highest BCUT2D eigenvalue weighted by atomic mass is 16.6. The average molecular weight is 1130 g/mol. The number of esters is 2. The molecule has 0 spiro atoms. The summed E-state index contributed by atoms with van der Waals surface area (Å²) in [5, 5.41) is 11.1. The molecule has 0 aromatic carbocycles. The van der Waals surface area contributed by atoms with Crippen molar-refractivity contribution in [2.75, 3.05) is 6.61 Å². The molecule has 0 aromatic heterocycles. The van der Waals surface area contributed by atoms with Gasteiger partial charge in [0.05, 0.1) is 6.61 Å². The van der Waals surface area contributed by atoms with E-state index in [9.17, 15) is 14.7 Å². The van der Waals surface area contributed by atoms with Crippen LogP contribution in [0.4, 0.5) is 0 Å². The lowest BCUT2D eigenvalue weighted by atomic mass is 9.84. The molecule has 0 unspecified atom stereocenters. The molecular formula is C75H144O5. The van der Waals surface area contributed by atoms with Gasteiger partial charge in [-0.05, 0) is 51.4 Å². The van der Waals surface area contributed by atoms with E-state index in [0.29, 0.717) is 12.8 Å². The van der Waals surface area contributed by atoms with Crippen LogP contribution in [0, 0.1) is 0 Å². The Kier molecular flexibility index (Phi) is 65.2. The number of aliphatic hydroxyl groups excluding tert-OH is 1. The third-order valence-electron chi connectivity index (χ3n) is 17.7. The molecule has 0 heterocycles. The highest BCUT2D eigenvalue weighted by Crippen LogP contribution is 2.34. The number of hydrogen-bond donors (Lipinski definition) is 1. The van der Waals surface area contributed by atoms with E-state index in [1.54, 1.807) is 12.2 Å². The Balaban J connectivity index is 5.54. The van der Waals surface area contributed by atoms with Gasteiger partial charge in [-0.25, -0.2) is 9.59 Å². The average Bonchev–Trinajstić information content (AvgIpc) is 3.46. The predicted octanol–water partition coefficient (Wildman–Crippen LogP) is 25.6. The van der Waals surface area contributed by atoms with Gasteiger partial charge in [0, 0.05) is 12.2 Å². The molecule has 474 valence electrons. The van der Waals surface area contributed by atoms with Gasteiger partial charge in [-0.15, -0.1) is 0 Å². The zero-order valence-corrected chi connectivity index (χ0v) is 55.0. The van der Waals surface area contributed by atoms with Crippen molar-refractivity contribution < 1.29 is 24.2 Å². The fourth-order valence-corrected chi connectivity index (χ4v) is 12.2. The van der Waals surface area contributed by atoms with E-state index >= 15 is 0 Å². The first-order valence-corrected chi connectivity index (χ1v) is 36.9. The highest BCUT2D eigenvalue weighted by molar-refractivity contribution is 5.83. The van der Waals surface area contributed by atoms with Crippen LogP contribution in [0.25, 0.3) is 0 Å². The van der Waals surface area contributed by atoms with Crippen molar-refractivity contribution in [1.29, 1.82) is 0 Å². The molecule has 0 aliphatic heterocycles. The van der Waals surface area contributed by atoms with Gasteiger partial charge in [0.25, 0.3) is 0 Å². The van der Waals surface area contributed by atoms with E-state index in [2.05, 4.69) is 27.7 Å². The minimum Gasteiger partial charge on any atom is -0.452 e. The molecule has 1 atom stereocenters. The van der Waals surface area contributed by atoms with Crippen LogP contribution in [0.2, 0.25) is 0 Å². The van der Waals surface area contributed by atoms with E-state index in [-0.39, 0.29) is 12.6 Å². The van der Waals surface area contributed by atoms with Crippen LogP contribution in [0.15, 0.2) is 24.3 Å². The number of carbonyl (C=O) groups excluding carboxylic acids is 2. The molecule has 0 bridgehead atoms. The lowest BCUT2D eigenvalue weighted by molar-refractivity contribution is -0.189. The van der Waals surface area contributed by atoms with Gasteiger partial charge < -0.3 is 14.6 Å². The predicted molar refractivity (Wildman–Crippen MR) is 353 cm³/mol. The third-order valence-corrected chi connectivity index (χ3v) is 17.7. The molecule has 5 heteroatoms. The molecule has 0 radical (unpaired) electrons. The van der Waals surface area contributed by atoms with Crippen molar-refractivity contribution in [1.82, 2.24) is 0 Å². The lowest BCUT2D eigenvalue weighted by Crippen LogP contribution is -2.50. The molecule has 0 rings (SSSR count). The van der Waals surface area contributed by atoms with Crippen LogP contribution in [-0.2, 0) is 19.1 Å². The normalized spacial score (nSPS) is 12.4. The minimum absolute atomic E-state index is 0.355. The summed E-state index contributed by atoms with van der Waals surface area (Å²) in [7, 11) is 0. The molecule has 0 amide bonds. The number of carbonyl (C=O) groups is 2. The van der Waals surface area contributed by atoms with Gasteiger partial charge >= 0.3 is 11.9 Å². The van der Waals surface area contributed by atoms with Crippen molar-refractivity contribution in [3.05, 3.63) is 24.3 Å². The molecule has 0 fully saturated rings. The van der Waals surface area contributed by atoms with E-state index in [0.717, 1.165) is 64.2 Å². The second-order valence-electron chi connectivity index (χ2n) is 25.6. The SMILES string of the molecule is CCCCCCCCCCCCCCCC=CC(=O)O[C@@H](CO)C(CCCCCCCCCCCCCCCCCC)(CCCCCCCCCCCCCCCCCC)OC(=O)C=CCCCCCCCCCCCCCCC. The number of aliphatic hydroxyl groups is 1. The highest BCUT2D eigenvalue weighted by Gasteiger charge is 2.43. The monoisotopic (exact) mass is 1130 g/mol. The topological polar surface area (TPSA) is 72.8 Å². The summed E-state index contributed by atoms with van der Waals surface area (Å²) >= 11 is 0. The maximum atomic E-state index is 13.9. The van der Waals surface area contributed by atoms with Crippen LogP contribution in [0.1, 0.15) is 426 Å². The molecule has 0 aliphatic carbocycles. The van der Waals surface area contributed by atoms with E-state index < -0.39 is 17.7 Å². The first kappa shape index (κ1) is 78.4. The largest absolute Gasteiger partial charge is 0.452 e. The van der Waals surface area contributed by atoms with Crippen molar-refractivity contribution in [3.8, 4) is 0 Å². The second kappa shape index (κ2) is 66.5. The summed E-state index contributed by atoms with van der Waals surface area (Å²) in [6.45, 7) is 8.81. The van der Waals surface area contributed by atoms with Crippen LogP contribution in [-0.4, -0.2) is 35.4 Å². The Bertz CT molecular complexity index is 1240. The summed E-state index contributed by atoms with van der Waals surface area (Å²) in [5.74, 6) is -0.795. The summed E-state index contributed by atoms with van der Waals surface area (Å²) in [6, 6.07) is 0. The van der Waals surface area contributed by atoms with Gasteiger partial charge in [0.1, 0.15) is 0 Å². The van der Waals surface area contributed by atoms with Crippen molar-refractivity contribution in [3.63, 3.8) is 0 Å². The molecule has 0 aliphatic rings. The molecule has 0 aromatic rings. The zero-order chi connectivity index (χ0) is 58.0. The van der Waals surface area contributed by atoms with Gasteiger partial charge in [-0.1, -0.05) is 387 Å². The molecule has 80 heavy (non-hydrogen) atoms. The lowest BCUT2D eigenvalue weighted by Gasteiger charge is -2.39. The van der Waals surface area contributed by atoms with Gasteiger partial charge in [-0.3, -0.25) is 0 Å². The van der Waals surface area contributed by atoms with E-state index in [4.69, 9.17) is 9.47 Å². The van der Waals surface area contributed by atoms with Crippen LogP contribution >= 0.6 is 0 Å². The van der Waals surface area contributed by atoms with Crippen molar-refractivity contribution >= 4 is 11.9 Å². The number of unbranched alkanes of at least 4 members (excludes halogenated alkanes) is 56. The Morgan fingerprint density at radius 1 is 0.300 bits per heavy atom. The summed E-state index contributed by atoms with van der Waals surface area (Å²) in [5.41, 5.74) is -1.06. The summed E-state index contributed by atoms with van der Waals surface area (Å²) < 4.78 is 12.8. The number of ether oxygens (including phenoxy) is 2. The molecule has 0 saturated heterocycles. The quantitative estimate of drug-likeness (QED) is 0.0373. The smallest absolute Gasteiger partial charge is 0.331 e. The van der Waals surface area contributed by atoms with Crippen LogP contribution < -0.4 is 0 Å². The Hall–Kier alpha value is -1.62. The zero-order valence-electron chi connectivity index (χ0n) is 55.0. The van der Waals surface area contributed by atoms with Gasteiger partial charge in [0.15, 0.2) is 11.7 Å². The summed E-state index contributed by atoms with van der Waals surface area (Å²) in [4.78, 5) is 27.5. The van der Waals surface area contributed by atoms with Crippen LogP contribution in [0.3, 0.4) is 0 Å². The Morgan fingerprint density at radius 2 is 0.500 bits per heavy atom. The first-order valence-electron chi connectivity index (χ1n) is 36.9. The van der Waals surface area contributed by atoms with E-state index in [1.165, 1.54) is 321 Å². The Morgan fingerprint density at radius 3 is 0.725 bits per heavy atom. The maximum absolute atomic E-state index is 13.9. The molecule has 5 nitrogen and oxygen atoms in total. The minimum atomic E-state index is -1.06. The van der Waals surface area contributed by atoms with Gasteiger partial charge in [-0.2, -0.15) is 0 Å². The van der Waals surface area contributed by atoms with Crippen LogP contribution in [0.5, 0.6) is 0 Å². The van der Waals surface area contributed by atoms with Crippen molar-refractivity contribution in [2.45, 2.75) is 437 Å². The van der Waals surface area contributed by atoms with Crippen molar-refractivity contribution in [2.24, 2.45) is 0 Å². The Labute approximate surface area is 502 Å². The fraction of sp³-hybridized carbons (Fsp3) is 0.920. The number of allylic oxidation sites excluding steroid dienone is 2. The van der Waals surface area contributed by atoms with E-state index in [1.807, 2.05) is 12.2 Å².